The van der Waals surface area contributed by atoms with Gasteiger partial charge in [-0.15, -0.1) is 0 Å². The van der Waals surface area contributed by atoms with E-state index in [9.17, 15) is 14.0 Å². The highest BCUT2D eigenvalue weighted by Crippen LogP contribution is 2.36. The Morgan fingerprint density at radius 3 is 2.68 bits per heavy atom. The van der Waals surface area contributed by atoms with E-state index in [0.717, 1.165) is 24.2 Å². The van der Waals surface area contributed by atoms with Crippen LogP contribution in [0.2, 0.25) is 0 Å². The third kappa shape index (κ3) is 3.15. The highest BCUT2D eigenvalue weighted by atomic mass is 19.1. The lowest BCUT2D eigenvalue weighted by molar-refractivity contribution is -0.123. The molecule has 2 aromatic rings. The van der Waals surface area contributed by atoms with Gasteiger partial charge in [-0.05, 0) is 31.0 Å². The van der Waals surface area contributed by atoms with E-state index < -0.39 is 17.4 Å². The fourth-order valence-corrected chi connectivity index (χ4v) is 3.77. The summed E-state index contributed by atoms with van der Waals surface area (Å²) in [5.74, 6) is -0.200. The molecule has 1 saturated heterocycles. The van der Waals surface area contributed by atoms with Crippen molar-refractivity contribution in [1.82, 2.24) is 10.3 Å². The van der Waals surface area contributed by atoms with Gasteiger partial charge in [0.15, 0.2) is 11.6 Å². The quantitative estimate of drug-likeness (QED) is 0.810. The molecule has 146 valence electrons. The van der Waals surface area contributed by atoms with E-state index in [1.807, 2.05) is 0 Å². The normalized spacial score (nSPS) is 18.3. The summed E-state index contributed by atoms with van der Waals surface area (Å²) >= 11 is 0. The number of amides is 3. The smallest absolute Gasteiger partial charge is 0.329 e. The predicted octanol–water partition coefficient (Wildman–Crippen LogP) is 3.78. The van der Waals surface area contributed by atoms with E-state index in [1.165, 1.54) is 37.6 Å². The Balaban J connectivity index is 1.59. The van der Waals surface area contributed by atoms with Crippen LogP contribution in [0.3, 0.4) is 0 Å². The summed E-state index contributed by atoms with van der Waals surface area (Å²) in [6.45, 7) is 0. The number of hydrogen-bond acceptors (Lipinski definition) is 5. The molecule has 1 spiro atoms. The number of rotatable bonds is 4. The molecule has 1 saturated carbocycles. The first-order valence-corrected chi connectivity index (χ1v) is 9.16. The van der Waals surface area contributed by atoms with Crippen LogP contribution in [0.25, 0.3) is 0 Å². The van der Waals surface area contributed by atoms with Crippen molar-refractivity contribution < 1.29 is 23.5 Å². The van der Waals surface area contributed by atoms with Gasteiger partial charge in [0.25, 0.3) is 5.91 Å². The Morgan fingerprint density at radius 2 is 1.93 bits per heavy atom. The van der Waals surface area contributed by atoms with Crippen LogP contribution in [0.4, 0.5) is 14.9 Å². The number of carbonyl (C=O) groups excluding carboxylic acids is 2. The summed E-state index contributed by atoms with van der Waals surface area (Å²) in [5.41, 5.74) is -0.423. The van der Waals surface area contributed by atoms with Gasteiger partial charge in [-0.1, -0.05) is 19.3 Å². The van der Waals surface area contributed by atoms with Crippen LogP contribution in [0.15, 0.2) is 36.5 Å². The summed E-state index contributed by atoms with van der Waals surface area (Å²) in [4.78, 5) is 30.8. The third-order valence-electron chi connectivity index (χ3n) is 5.19. The topological polar surface area (TPSA) is 80.8 Å². The molecule has 7 nitrogen and oxygen atoms in total. The highest BCUT2D eigenvalue weighted by Gasteiger charge is 2.51. The summed E-state index contributed by atoms with van der Waals surface area (Å²) < 4.78 is 24.1. The molecule has 1 aromatic heterocycles. The number of nitrogens with one attached hydrogen (secondary N) is 1. The number of carbonyl (C=O) groups is 2. The number of ether oxygens (including phenoxy) is 2. The Labute approximate surface area is 161 Å². The number of nitrogens with zero attached hydrogens (tertiary/aromatic N) is 2. The minimum Gasteiger partial charge on any atom is -0.494 e. The number of methoxy groups -OCH3 is 1. The molecule has 1 N–H and O–H groups in total. The molecule has 1 aliphatic heterocycles. The van der Waals surface area contributed by atoms with Crippen molar-refractivity contribution >= 4 is 17.6 Å². The average molecular weight is 385 g/mol. The highest BCUT2D eigenvalue weighted by molar-refractivity contribution is 6.23. The first kappa shape index (κ1) is 18.2. The SMILES string of the molecule is COc1cc(Oc2cc(N3C(=O)NC4(CCCCC4)C3=O)ccn2)ccc1F. The monoisotopic (exact) mass is 385 g/mol. The summed E-state index contributed by atoms with van der Waals surface area (Å²) in [6, 6.07) is 6.72. The van der Waals surface area contributed by atoms with Crippen LogP contribution in [0.5, 0.6) is 17.4 Å². The number of halogens is 1. The largest absolute Gasteiger partial charge is 0.494 e. The Kier molecular flexibility index (Phi) is 4.62. The number of hydrogen-bond donors (Lipinski definition) is 1. The summed E-state index contributed by atoms with van der Waals surface area (Å²) in [7, 11) is 1.36. The van der Waals surface area contributed by atoms with Gasteiger partial charge in [-0.2, -0.15) is 0 Å². The lowest BCUT2D eigenvalue weighted by atomic mass is 9.82. The fraction of sp³-hybridized carbons (Fsp3) is 0.350. The number of benzene rings is 1. The lowest BCUT2D eigenvalue weighted by Crippen LogP contribution is -2.48. The number of urea groups is 1. The maximum absolute atomic E-state index is 13.6. The molecule has 3 amide bonds. The molecule has 8 heteroatoms. The number of pyridine rings is 1. The molecule has 0 unspecified atom stereocenters. The zero-order chi connectivity index (χ0) is 19.7. The molecule has 28 heavy (non-hydrogen) atoms. The average Bonchev–Trinajstić information content (AvgIpc) is 2.93. The Bertz CT molecular complexity index is 927. The first-order valence-electron chi connectivity index (χ1n) is 9.16. The molecule has 0 radical (unpaired) electrons. The van der Waals surface area contributed by atoms with Crippen molar-refractivity contribution in [3.05, 3.63) is 42.3 Å². The molecule has 1 aromatic carbocycles. The van der Waals surface area contributed by atoms with Crippen molar-refractivity contribution in [3.63, 3.8) is 0 Å². The van der Waals surface area contributed by atoms with E-state index in [0.29, 0.717) is 24.3 Å². The second-order valence-corrected chi connectivity index (χ2v) is 6.96. The fourth-order valence-electron chi connectivity index (χ4n) is 3.77. The molecule has 0 bridgehead atoms. The molecule has 1 aliphatic carbocycles. The van der Waals surface area contributed by atoms with Crippen molar-refractivity contribution in [2.45, 2.75) is 37.6 Å². The number of imide groups is 1. The minimum absolute atomic E-state index is 0.0435. The zero-order valence-electron chi connectivity index (χ0n) is 15.4. The third-order valence-corrected chi connectivity index (χ3v) is 5.19. The maximum Gasteiger partial charge on any atom is 0.329 e. The minimum atomic E-state index is -0.802. The summed E-state index contributed by atoms with van der Waals surface area (Å²) in [5, 5.41) is 2.88. The molecule has 2 aliphatic rings. The maximum atomic E-state index is 13.6. The second kappa shape index (κ2) is 7.10. The second-order valence-electron chi connectivity index (χ2n) is 6.96. The van der Waals surface area contributed by atoms with Crippen LogP contribution in [-0.2, 0) is 4.79 Å². The molecule has 2 heterocycles. The van der Waals surface area contributed by atoms with Gasteiger partial charge in [0.1, 0.15) is 11.3 Å². The van der Waals surface area contributed by atoms with Crippen LogP contribution in [-0.4, -0.2) is 29.6 Å². The molecular weight excluding hydrogens is 365 g/mol. The van der Waals surface area contributed by atoms with Crippen molar-refractivity contribution in [2.75, 3.05) is 12.0 Å². The van der Waals surface area contributed by atoms with Gasteiger partial charge in [0, 0.05) is 18.3 Å². The van der Waals surface area contributed by atoms with Gasteiger partial charge >= 0.3 is 6.03 Å². The standard InChI is InChI=1S/C20H20FN3O4/c1-27-16-12-14(5-6-15(16)21)28-17-11-13(7-10-22-17)24-18(25)20(23-19(24)26)8-3-2-4-9-20/h5-7,10-12H,2-4,8-9H2,1H3,(H,23,26). The van der Waals surface area contributed by atoms with Crippen LogP contribution < -0.4 is 19.7 Å². The van der Waals surface area contributed by atoms with E-state index in [4.69, 9.17) is 9.47 Å². The van der Waals surface area contributed by atoms with E-state index in [1.54, 1.807) is 6.07 Å². The Hall–Kier alpha value is -3.16. The number of aromatic nitrogens is 1. The van der Waals surface area contributed by atoms with Crippen molar-refractivity contribution in [1.29, 1.82) is 0 Å². The first-order chi connectivity index (χ1) is 13.5. The van der Waals surface area contributed by atoms with Crippen LogP contribution >= 0.6 is 0 Å². The van der Waals surface area contributed by atoms with Crippen molar-refractivity contribution in [2.24, 2.45) is 0 Å². The van der Waals surface area contributed by atoms with Crippen LogP contribution in [0, 0.1) is 5.82 Å². The van der Waals surface area contributed by atoms with E-state index in [2.05, 4.69) is 10.3 Å². The lowest BCUT2D eigenvalue weighted by Gasteiger charge is -2.30. The molecular formula is C20H20FN3O4. The zero-order valence-corrected chi connectivity index (χ0v) is 15.4. The Morgan fingerprint density at radius 1 is 1.14 bits per heavy atom. The van der Waals surface area contributed by atoms with Gasteiger partial charge in [0.2, 0.25) is 5.88 Å². The van der Waals surface area contributed by atoms with Gasteiger partial charge in [-0.3, -0.25) is 4.79 Å². The molecule has 4 rings (SSSR count). The number of anilines is 1. The van der Waals surface area contributed by atoms with Gasteiger partial charge in [0.05, 0.1) is 12.8 Å². The summed E-state index contributed by atoms with van der Waals surface area (Å²) in [6.07, 6.45) is 5.65. The van der Waals surface area contributed by atoms with Gasteiger partial charge in [-0.25, -0.2) is 19.1 Å². The van der Waals surface area contributed by atoms with Crippen molar-refractivity contribution in [3.8, 4) is 17.4 Å². The van der Waals surface area contributed by atoms with Gasteiger partial charge < -0.3 is 14.8 Å². The predicted molar refractivity (Wildman–Crippen MR) is 99.1 cm³/mol. The van der Waals surface area contributed by atoms with Crippen LogP contribution in [0.1, 0.15) is 32.1 Å². The molecule has 0 atom stereocenters. The van der Waals surface area contributed by atoms with E-state index in [-0.39, 0.29) is 17.5 Å². The van der Waals surface area contributed by atoms with E-state index >= 15 is 0 Å². The molecule has 2 fully saturated rings.